The smallest absolute Gasteiger partial charge is 0.437 e. The number of benzene rings is 1. The summed E-state index contributed by atoms with van der Waals surface area (Å²) >= 11 is 0. The van der Waals surface area contributed by atoms with Gasteiger partial charge in [-0.25, -0.2) is 9.37 Å². The Kier molecular flexibility index (Phi) is 5.64. The Balaban J connectivity index is 1.83. The van der Waals surface area contributed by atoms with Gasteiger partial charge in [-0.15, -0.1) is 0 Å². The van der Waals surface area contributed by atoms with Gasteiger partial charge in [-0.3, -0.25) is 4.98 Å². The molecule has 0 saturated carbocycles. The van der Waals surface area contributed by atoms with Crippen molar-refractivity contribution < 1.29 is 22.3 Å². The minimum Gasteiger partial charge on any atom is -0.493 e. The number of hydrogen-bond acceptors (Lipinski definition) is 5. The Morgan fingerprint density at radius 3 is 2.62 bits per heavy atom. The molecule has 0 aliphatic rings. The van der Waals surface area contributed by atoms with Crippen LogP contribution in [0.5, 0.6) is 5.75 Å². The molecule has 0 spiro atoms. The molecule has 7 nitrogen and oxygen atoms in total. The molecule has 0 unspecified atom stereocenters. The second kappa shape index (κ2) is 8.40. The number of halogens is 4. The summed E-state index contributed by atoms with van der Waals surface area (Å²) in [6.45, 7) is 2.33. The van der Waals surface area contributed by atoms with E-state index in [1.54, 1.807) is 24.0 Å². The number of H-pyrrole nitrogens is 1. The number of aromatic nitrogens is 6. The maximum Gasteiger partial charge on any atom is 0.437 e. The van der Waals surface area contributed by atoms with E-state index in [2.05, 4.69) is 20.2 Å². The SMILES string of the molecule is CCCOc1cc(F)ccc1-c1c(-c2cc(-c3n[nH]nc3C(F)(F)F)ccn2)ncn1C. The molecule has 3 aromatic heterocycles. The summed E-state index contributed by atoms with van der Waals surface area (Å²) in [7, 11) is 1.75. The van der Waals surface area contributed by atoms with Gasteiger partial charge in [-0.1, -0.05) is 6.92 Å². The molecule has 4 aromatic rings. The quantitative estimate of drug-likeness (QED) is 0.427. The van der Waals surface area contributed by atoms with Gasteiger partial charge in [0.25, 0.3) is 0 Å². The van der Waals surface area contributed by atoms with Crippen LogP contribution in [0.15, 0.2) is 42.9 Å². The van der Waals surface area contributed by atoms with Crippen LogP contribution in [-0.2, 0) is 13.2 Å². The lowest BCUT2D eigenvalue weighted by molar-refractivity contribution is -0.140. The number of imidazole rings is 1. The molecule has 0 aliphatic carbocycles. The first-order valence-corrected chi connectivity index (χ1v) is 9.68. The molecule has 0 aliphatic heterocycles. The third-order valence-corrected chi connectivity index (χ3v) is 4.69. The predicted octanol–water partition coefficient (Wildman–Crippen LogP) is 4.88. The van der Waals surface area contributed by atoms with Gasteiger partial charge in [-0.2, -0.15) is 28.6 Å². The van der Waals surface area contributed by atoms with E-state index in [1.807, 2.05) is 12.1 Å². The summed E-state index contributed by atoms with van der Waals surface area (Å²) in [5, 5.41) is 8.91. The van der Waals surface area contributed by atoms with E-state index in [0.717, 1.165) is 6.42 Å². The number of hydrogen-bond donors (Lipinski definition) is 1. The summed E-state index contributed by atoms with van der Waals surface area (Å²) in [4.78, 5) is 8.67. The van der Waals surface area contributed by atoms with Crippen LogP contribution in [0.25, 0.3) is 33.9 Å². The van der Waals surface area contributed by atoms with E-state index in [1.165, 1.54) is 30.5 Å². The Labute approximate surface area is 180 Å². The van der Waals surface area contributed by atoms with E-state index in [4.69, 9.17) is 4.74 Å². The number of alkyl halides is 3. The van der Waals surface area contributed by atoms with Crippen molar-refractivity contribution in [2.75, 3.05) is 6.61 Å². The molecule has 0 radical (unpaired) electrons. The molecule has 0 saturated heterocycles. The second-order valence-corrected chi connectivity index (χ2v) is 6.99. The predicted molar refractivity (Wildman–Crippen MR) is 108 cm³/mol. The highest BCUT2D eigenvalue weighted by atomic mass is 19.4. The average molecular weight is 446 g/mol. The molecule has 0 atom stereocenters. The number of nitrogens with one attached hydrogen (secondary N) is 1. The molecule has 11 heteroatoms. The Morgan fingerprint density at radius 1 is 1.06 bits per heavy atom. The number of aryl methyl sites for hydroxylation is 1. The summed E-state index contributed by atoms with van der Waals surface area (Å²) in [6, 6.07) is 7.03. The van der Waals surface area contributed by atoms with Gasteiger partial charge in [0.15, 0.2) is 5.69 Å². The van der Waals surface area contributed by atoms with Gasteiger partial charge in [0.2, 0.25) is 0 Å². The van der Waals surface area contributed by atoms with Crippen LogP contribution >= 0.6 is 0 Å². The van der Waals surface area contributed by atoms with Crippen molar-refractivity contribution in [2.24, 2.45) is 7.05 Å². The highest BCUT2D eigenvalue weighted by molar-refractivity contribution is 5.82. The molecule has 166 valence electrons. The van der Waals surface area contributed by atoms with Crippen LogP contribution < -0.4 is 4.74 Å². The average Bonchev–Trinajstić information content (AvgIpc) is 3.40. The van der Waals surface area contributed by atoms with Crippen molar-refractivity contribution in [3.05, 3.63) is 54.4 Å². The van der Waals surface area contributed by atoms with Crippen LogP contribution in [0, 0.1) is 5.82 Å². The first kappa shape index (κ1) is 21.5. The lowest BCUT2D eigenvalue weighted by Gasteiger charge is -2.13. The summed E-state index contributed by atoms with van der Waals surface area (Å²) in [5.74, 6) is -0.113. The Bertz CT molecular complexity index is 1250. The lowest BCUT2D eigenvalue weighted by atomic mass is 10.0. The number of nitrogens with zero attached hydrogens (tertiary/aromatic N) is 5. The first-order chi connectivity index (χ1) is 15.3. The summed E-state index contributed by atoms with van der Waals surface area (Å²) < 4.78 is 61.1. The van der Waals surface area contributed by atoms with Crippen LogP contribution in [0.3, 0.4) is 0 Å². The van der Waals surface area contributed by atoms with Gasteiger partial charge < -0.3 is 9.30 Å². The fourth-order valence-electron chi connectivity index (χ4n) is 3.30. The van der Waals surface area contributed by atoms with Crippen molar-refractivity contribution in [3.63, 3.8) is 0 Å². The van der Waals surface area contributed by atoms with Crippen molar-refractivity contribution in [1.29, 1.82) is 0 Å². The third kappa shape index (κ3) is 4.05. The number of aromatic amines is 1. The van der Waals surface area contributed by atoms with Crippen LogP contribution in [0.4, 0.5) is 17.6 Å². The molecular weight excluding hydrogens is 428 g/mol. The second-order valence-electron chi connectivity index (χ2n) is 6.99. The standard InChI is InChI=1S/C21H18F4N6O/c1-3-8-32-16-10-13(22)4-5-14(16)19-18(27-11-31(19)2)15-9-12(6-7-26-15)17-20(21(23,24)25)29-30-28-17/h4-7,9-11H,3,8H2,1-2H3,(H,28,29,30). The highest BCUT2D eigenvalue weighted by Gasteiger charge is 2.38. The lowest BCUT2D eigenvalue weighted by Crippen LogP contribution is -2.07. The zero-order chi connectivity index (χ0) is 22.9. The molecule has 0 bridgehead atoms. The van der Waals surface area contributed by atoms with Gasteiger partial charge in [0, 0.05) is 30.4 Å². The third-order valence-electron chi connectivity index (χ3n) is 4.69. The van der Waals surface area contributed by atoms with E-state index in [0.29, 0.717) is 35.0 Å². The summed E-state index contributed by atoms with van der Waals surface area (Å²) in [5.41, 5.74) is 0.599. The van der Waals surface area contributed by atoms with E-state index in [-0.39, 0.29) is 11.3 Å². The molecular formula is C21H18F4N6O. The van der Waals surface area contributed by atoms with Crippen LogP contribution in [0.2, 0.25) is 0 Å². The molecule has 0 amide bonds. The van der Waals surface area contributed by atoms with Crippen molar-refractivity contribution in [3.8, 4) is 39.7 Å². The maximum atomic E-state index is 13.9. The molecule has 0 fully saturated rings. The van der Waals surface area contributed by atoms with E-state index < -0.39 is 17.7 Å². The van der Waals surface area contributed by atoms with Crippen LogP contribution in [0.1, 0.15) is 19.0 Å². The van der Waals surface area contributed by atoms with E-state index in [9.17, 15) is 17.6 Å². The molecule has 4 rings (SSSR count). The van der Waals surface area contributed by atoms with Gasteiger partial charge in [0.1, 0.15) is 23.0 Å². The molecule has 1 N–H and O–H groups in total. The van der Waals surface area contributed by atoms with Gasteiger partial charge in [0.05, 0.1) is 24.3 Å². The monoisotopic (exact) mass is 446 g/mol. The number of ether oxygens (including phenoxy) is 1. The number of pyridine rings is 1. The maximum absolute atomic E-state index is 13.9. The molecule has 1 aromatic carbocycles. The Hall–Kier alpha value is -3.76. The fraction of sp³-hybridized carbons (Fsp3) is 0.238. The largest absolute Gasteiger partial charge is 0.493 e. The van der Waals surface area contributed by atoms with Gasteiger partial charge >= 0.3 is 6.18 Å². The zero-order valence-electron chi connectivity index (χ0n) is 17.1. The topological polar surface area (TPSA) is 81.5 Å². The highest BCUT2D eigenvalue weighted by Crippen LogP contribution is 2.38. The normalized spacial score (nSPS) is 11.7. The first-order valence-electron chi connectivity index (χ1n) is 9.68. The zero-order valence-corrected chi connectivity index (χ0v) is 17.1. The number of rotatable bonds is 6. The fourth-order valence-corrected chi connectivity index (χ4v) is 3.30. The molecule has 3 heterocycles. The van der Waals surface area contributed by atoms with E-state index >= 15 is 0 Å². The van der Waals surface area contributed by atoms with Crippen molar-refractivity contribution in [2.45, 2.75) is 19.5 Å². The summed E-state index contributed by atoms with van der Waals surface area (Å²) in [6.07, 6.45) is -1.01. The minimum absolute atomic E-state index is 0.175. The molecule has 32 heavy (non-hydrogen) atoms. The minimum atomic E-state index is -4.67. The van der Waals surface area contributed by atoms with Crippen molar-refractivity contribution in [1.82, 2.24) is 29.9 Å². The van der Waals surface area contributed by atoms with Crippen LogP contribution in [-0.4, -0.2) is 36.6 Å². The van der Waals surface area contributed by atoms with Crippen molar-refractivity contribution >= 4 is 0 Å². The Morgan fingerprint density at radius 2 is 1.88 bits per heavy atom. The van der Waals surface area contributed by atoms with Gasteiger partial charge in [-0.05, 0) is 30.7 Å².